The van der Waals surface area contributed by atoms with Crippen LogP contribution in [0.5, 0.6) is 0 Å². The molecule has 2 aromatic rings. The van der Waals surface area contributed by atoms with Crippen LogP contribution in [0.2, 0.25) is 0 Å². The minimum atomic E-state index is -4.00. The van der Waals surface area contributed by atoms with E-state index in [-0.39, 0.29) is 4.90 Å². The third-order valence-electron chi connectivity index (χ3n) is 4.57. The first-order chi connectivity index (χ1) is 13.7. The standard InChI is InChI=1S/C20H21FN2O5S/c1-13(20(25)23-17-8-5-14-3-2-4-15(14)11-17)28-19(24)12-22-29(26,27)18-9-6-16(21)7-10-18/h5-11,13,22H,2-4,12H2,1H3,(H,23,25)/t13-/m1/s1. The first kappa shape index (κ1) is 20.9. The van der Waals surface area contributed by atoms with E-state index in [4.69, 9.17) is 4.74 Å². The lowest BCUT2D eigenvalue weighted by atomic mass is 10.1. The summed E-state index contributed by atoms with van der Waals surface area (Å²) in [7, 11) is -4.00. The number of aryl methyl sites for hydroxylation is 2. The highest BCUT2D eigenvalue weighted by Gasteiger charge is 2.21. The van der Waals surface area contributed by atoms with Crippen LogP contribution in [0.1, 0.15) is 24.5 Å². The van der Waals surface area contributed by atoms with Gasteiger partial charge in [0.1, 0.15) is 12.4 Å². The number of amides is 1. The van der Waals surface area contributed by atoms with Gasteiger partial charge in [-0.3, -0.25) is 9.59 Å². The Kier molecular flexibility index (Phi) is 6.29. The Bertz CT molecular complexity index is 1020. The van der Waals surface area contributed by atoms with Crippen LogP contribution in [0.15, 0.2) is 47.4 Å². The number of ether oxygens (including phenoxy) is 1. The van der Waals surface area contributed by atoms with Gasteiger partial charge >= 0.3 is 5.97 Å². The largest absolute Gasteiger partial charge is 0.452 e. The second-order valence-corrected chi connectivity index (χ2v) is 8.50. The predicted octanol–water partition coefficient (Wildman–Crippen LogP) is 2.16. The summed E-state index contributed by atoms with van der Waals surface area (Å²) in [6.07, 6.45) is 1.99. The monoisotopic (exact) mass is 420 g/mol. The molecule has 1 atom stereocenters. The number of hydrogen-bond acceptors (Lipinski definition) is 5. The molecule has 2 aromatic carbocycles. The van der Waals surface area contributed by atoms with E-state index in [0.717, 1.165) is 43.5 Å². The summed E-state index contributed by atoms with van der Waals surface area (Å²) >= 11 is 0. The van der Waals surface area contributed by atoms with Crippen LogP contribution < -0.4 is 10.0 Å². The second-order valence-electron chi connectivity index (χ2n) is 6.74. The first-order valence-corrected chi connectivity index (χ1v) is 10.6. The van der Waals surface area contributed by atoms with Gasteiger partial charge in [0.15, 0.2) is 6.10 Å². The van der Waals surface area contributed by atoms with Crippen molar-refractivity contribution < 1.29 is 27.1 Å². The van der Waals surface area contributed by atoms with E-state index in [1.54, 1.807) is 6.07 Å². The molecule has 29 heavy (non-hydrogen) atoms. The van der Waals surface area contributed by atoms with Crippen molar-refractivity contribution in [3.63, 3.8) is 0 Å². The van der Waals surface area contributed by atoms with Gasteiger partial charge in [-0.2, -0.15) is 4.72 Å². The maximum Gasteiger partial charge on any atom is 0.321 e. The molecule has 0 spiro atoms. The number of fused-ring (bicyclic) bond motifs is 1. The van der Waals surface area contributed by atoms with Gasteiger partial charge in [-0.1, -0.05) is 6.07 Å². The Morgan fingerprint density at radius 2 is 1.79 bits per heavy atom. The lowest BCUT2D eigenvalue weighted by molar-refractivity contribution is -0.151. The number of esters is 1. The summed E-state index contributed by atoms with van der Waals surface area (Å²) in [4.78, 5) is 24.0. The van der Waals surface area contributed by atoms with Gasteiger partial charge in [0, 0.05) is 5.69 Å². The SMILES string of the molecule is C[C@@H](OC(=O)CNS(=O)(=O)c1ccc(F)cc1)C(=O)Nc1ccc2c(c1)CCC2. The molecule has 1 amide bonds. The number of nitrogens with one attached hydrogen (secondary N) is 2. The molecule has 0 heterocycles. The minimum Gasteiger partial charge on any atom is -0.452 e. The van der Waals surface area contributed by atoms with E-state index in [1.807, 2.05) is 12.1 Å². The van der Waals surface area contributed by atoms with Crippen molar-refractivity contribution in [1.82, 2.24) is 4.72 Å². The Hall–Kier alpha value is -2.78. The predicted molar refractivity (Wildman–Crippen MR) is 104 cm³/mol. The summed E-state index contributed by atoms with van der Waals surface area (Å²) in [5.74, 6) is -2.00. The highest BCUT2D eigenvalue weighted by molar-refractivity contribution is 7.89. The molecule has 154 valence electrons. The number of sulfonamides is 1. The molecule has 0 aromatic heterocycles. The molecule has 2 N–H and O–H groups in total. The topological polar surface area (TPSA) is 102 Å². The molecule has 1 aliphatic rings. The van der Waals surface area contributed by atoms with Gasteiger partial charge in [-0.15, -0.1) is 0 Å². The molecular weight excluding hydrogens is 399 g/mol. The second kappa shape index (κ2) is 8.71. The summed E-state index contributed by atoms with van der Waals surface area (Å²) < 4.78 is 44.1. The average molecular weight is 420 g/mol. The number of rotatable bonds is 7. The Morgan fingerprint density at radius 3 is 2.52 bits per heavy atom. The van der Waals surface area contributed by atoms with Crippen molar-refractivity contribution in [2.45, 2.75) is 37.2 Å². The molecule has 1 aliphatic carbocycles. The smallest absolute Gasteiger partial charge is 0.321 e. The zero-order valence-corrected chi connectivity index (χ0v) is 16.6. The third kappa shape index (κ3) is 5.39. The van der Waals surface area contributed by atoms with Crippen molar-refractivity contribution in [1.29, 1.82) is 0 Å². The Morgan fingerprint density at radius 1 is 1.10 bits per heavy atom. The number of carbonyl (C=O) groups excluding carboxylic acids is 2. The first-order valence-electron chi connectivity index (χ1n) is 9.12. The fourth-order valence-corrected chi connectivity index (χ4v) is 4.01. The normalized spacial score (nSPS) is 14.1. The van der Waals surface area contributed by atoms with Gasteiger partial charge in [-0.25, -0.2) is 12.8 Å². The quantitative estimate of drug-likeness (QED) is 0.669. The maximum absolute atomic E-state index is 12.9. The maximum atomic E-state index is 12.9. The number of halogens is 1. The third-order valence-corrected chi connectivity index (χ3v) is 5.99. The summed E-state index contributed by atoms with van der Waals surface area (Å²) in [5.41, 5.74) is 3.09. The van der Waals surface area contributed by atoms with Gasteiger partial charge < -0.3 is 10.1 Å². The van der Waals surface area contributed by atoms with Crippen LogP contribution in [-0.2, 0) is 37.2 Å². The van der Waals surface area contributed by atoms with Crippen LogP contribution in [0.4, 0.5) is 10.1 Å². The highest BCUT2D eigenvalue weighted by Crippen LogP contribution is 2.25. The number of benzene rings is 2. The fraction of sp³-hybridized carbons (Fsp3) is 0.300. The summed E-state index contributed by atoms with van der Waals surface area (Å²) in [5, 5.41) is 2.69. The van der Waals surface area contributed by atoms with Crippen molar-refractivity contribution in [2.24, 2.45) is 0 Å². The highest BCUT2D eigenvalue weighted by atomic mass is 32.2. The van der Waals surface area contributed by atoms with Crippen molar-refractivity contribution in [3.05, 3.63) is 59.4 Å². The number of anilines is 1. The van der Waals surface area contributed by atoms with Gasteiger partial charge in [0.25, 0.3) is 5.91 Å². The van der Waals surface area contributed by atoms with E-state index in [1.165, 1.54) is 18.1 Å². The molecular formula is C20H21FN2O5S. The van der Waals surface area contributed by atoms with E-state index < -0.39 is 40.4 Å². The summed E-state index contributed by atoms with van der Waals surface area (Å²) in [6, 6.07) is 9.83. The zero-order valence-electron chi connectivity index (χ0n) is 15.8. The van der Waals surface area contributed by atoms with Crippen LogP contribution in [-0.4, -0.2) is 32.9 Å². The summed E-state index contributed by atoms with van der Waals surface area (Å²) in [6.45, 7) is 0.741. The zero-order chi connectivity index (χ0) is 21.0. The molecule has 0 fully saturated rings. The lowest BCUT2D eigenvalue weighted by Gasteiger charge is -2.14. The molecule has 3 rings (SSSR count). The molecule has 0 saturated heterocycles. The van der Waals surface area contributed by atoms with E-state index in [0.29, 0.717) is 5.69 Å². The van der Waals surface area contributed by atoms with Gasteiger partial charge in [0.05, 0.1) is 4.90 Å². The van der Waals surface area contributed by atoms with Gasteiger partial charge in [0.2, 0.25) is 10.0 Å². The molecule has 0 saturated carbocycles. The van der Waals surface area contributed by atoms with Crippen LogP contribution in [0.25, 0.3) is 0 Å². The minimum absolute atomic E-state index is 0.186. The fourth-order valence-electron chi connectivity index (χ4n) is 3.04. The van der Waals surface area contributed by atoms with Crippen LogP contribution in [0.3, 0.4) is 0 Å². The van der Waals surface area contributed by atoms with Crippen molar-refractivity contribution in [2.75, 3.05) is 11.9 Å². The van der Waals surface area contributed by atoms with Crippen LogP contribution >= 0.6 is 0 Å². The number of hydrogen-bond donors (Lipinski definition) is 2. The number of carbonyl (C=O) groups is 2. The Labute approximate surface area is 168 Å². The Balaban J connectivity index is 1.50. The average Bonchev–Trinajstić information content (AvgIpc) is 3.14. The van der Waals surface area contributed by atoms with Crippen molar-refractivity contribution in [3.8, 4) is 0 Å². The van der Waals surface area contributed by atoms with E-state index in [9.17, 15) is 22.4 Å². The molecule has 0 bridgehead atoms. The lowest BCUT2D eigenvalue weighted by Crippen LogP contribution is -2.35. The molecule has 9 heteroatoms. The molecule has 0 aliphatic heterocycles. The van der Waals surface area contributed by atoms with Crippen LogP contribution in [0, 0.1) is 5.82 Å². The molecule has 0 unspecified atom stereocenters. The van der Waals surface area contributed by atoms with E-state index in [2.05, 4.69) is 10.0 Å². The van der Waals surface area contributed by atoms with Crippen molar-refractivity contribution >= 4 is 27.6 Å². The van der Waals surface area contributed by atoms with Gasteiger partial charge in [-0.05, 0) is 73.7 Å². The molecule has 0 radical (unpaired) electrons. The van der Waals surface area contributed by atoms with E-state index >= 15 is 0 Å². The molecule has 7 nitrogen and oxygen atoms in total.